The highest BCUT2D eigenvalue weighted by Gasteiger charge is 2.28. The number of carbonyl (C=O) groups is 1. The lowest BCUT2D eigenvalue weighted by Gasteiger charge is -2.10. The van der Waals surface area contributed by atoms with Crippen LogP contribution in [0.15, 0.2) is 96.2 Å². The third kappa shape index (κ3) is 4.20. The first kappa shape index (κ1) is 24.4. The van der Waals surface area contributed by atoms with Crippen LogP contribution in [0.25, 0.3) is 27.8 Å². The molecule has 39 heavy (non-hydrogen) atoms. The van der Waals surface area contributed by atoms with Gasteiger partial charge in [0.25, 0.3) is 10.0 Å². The fraction of sp³-hybridized carbons (Fsp3) is 0.0690. The van der Waals surface area contributed by atoms with E-state index in [-0.39, 0.29) is 22.0 Å². The molecule has 3 N–H and O–H groups in total. The maximum atomic E-state index is 13.9. The number of aryl methyl sites for hydroxylation is 2. The number of hydrogen-bond acceptors (Lipinski definition) is 6. The van der Waals surface area contributed by atoms with Gasteiger partial charge in [-0.1, -0.05) is 48.0 Å². The quantitative estimate of drug-likeness (QED) is 0.292. The van der Waals surface area contributed by atoms with Gasteiger partial charge in [0.15, 0.2) is 0 Å². The number of aromatic nitrogens is 5. The highest BCUT2D eigenvalue weighted by atomic mass is 32.2. The molecule has 3 aromatic heterocycles. The molecule has 0 aliphatic carbocycles. The Labute approximate surface area is 224 Å². The maximum absolute atomic E-state index is 13.9. The van der Waals surface area contributed by atoms with Gasteiger partial charge in [-0.25, -0.2) is 22.1 Å². The Morgan fingerprint density at radius 1 is 0.923 bits per heavy atom. The Bertz CT molecular complexity index is 1970. The van der Waals surface area contributed by atoms with Gasteiger partial charge < -0.3 is 10.7 Å². The van der Waals surface area contributed by atoms with E-state index in [1.54, 1.807) is 24.3 Å². The van der Waals surface area contributed by atoms with Crippen LogP contribution in [0, 0.1) is 13.8 Å². The molecule has 6 aromatic rings. The van der Waals surface area contributed by atoms with Gasteiger partial charge >= 0.3 is 0 Å². The third-order valence-electron chi connectivity index (χ3n) is 6.58. The summed E-state index contributed by atoms with van der Waals surface area (Å²) in [4.78, 5) is 21.5. The Morgan fingerprint density at radius 3 is 2.41 bits per heavy atom. The summed E-state index contributed by atoms with van der Waals surface area (Å²) in [6, 6.07) is 22.8. The van der Waals surface area contributed by atoms with Crippen molar-refractivity contribution in [1.82, 2.24) is 23.7 Å². The molecule has 3 aromatic carbocycles. The normalized spacial score (nSPS) is 11.7. The summed E-state index contributed by atoms with van der Waals surface area (Å²) < 4.78 is 29.9. The number of hydrogen-bond donors (Lipinski definition) is 2. The van der Waals surface area contributed by atoms with E-state index in [4.69, 9.17) is 5.73 Å². The summed E-state index contributed by atoms with van der Waals surface area (Å²) in [5, 5.41) is 4.35. The van der Waals surface area contributed by atoms with Crippen molar-refractivity contribution < 1.29 is 13.2 Å². The second-order valence-corrected chi connectivity index (χ2v) is 11.1. The van der Waals surface area contributed by atoms with Crippen LogP contribution in [0.2, 0.25) is 0 Å². The number of H-pyrrole nitrogens is 1. The van der Waals surface area contributed by atoms with Crippen molar-refractivity contribution in [3.05, 3.63) is 114 Å². The number of fused-ring (bicyclic) bond motifs is 1. The van der Waals surface area contributed by atoms with E-state index < -0.39 is 15.8 Å². The molecule has 0 radical (unpaired) electrons. The molecule has 6 rings (SSSR count). The molecule has 0 amide bonds. The highest BCUT2D eigenvalue weighted by molar-refractivity contribution is 7.90. The predicted octanol–water partition coefficient (Wildman–Crippen LogP) is 4.88. The first-order valence-electron chi connectivity index (χ1n) is 12.2. The van der Waals surface area contributed by atoms with Crippen LogP contribution >= 0.6 is 0 Å². The number of benzene rings is 3. The SMILES string of the molecule is Cc1ccc(S(=O)(=O)n2cc(-c3ccccc3)cc2C(=O)c2cnn(-c3ccc4nc(C)[nH]c4c3)c2N)cc1. The van der Waals surface area contributed by atoms with Crippen LogP contribution in [-0.4, -0.2) is 37.9 Å². The van der Waals surface area contributed by atoms with Gasteiger partial charge in [0, 0.05) is 11.8 Å². The molecule has 0 bridgehead atoms. The highest BCUT2D eigenvalue weighted by Crippen LogP contribution is 2.29. The molecule has 0 saturated carbocycles. The second-order valence-electron chi connectivity index (χ2n) is 9.30. The average Bonchev–Trinajstić information content (AvgIpc) is 3.65. The summed E-state index contributed by atoms with van der Waals surface area (Å²) in [6.45, 7) is 3.74. The van der Waals surface area contributed by atoms with E-state index in [0.29, 0.717) is 11.3 Å². The molecule has 0 aliphatic heterocycles. The topological polar surface area (TPSA) is 129 Å². The van der Waals surface area contributed by atoms with Gasteiger partial charge in [-0.2, -0.15) is 5.10 Å². The molecule has 194 valence electrons. The minimum absolute atomic E-state index is 0.0414. The predicted molar refractivity (Wildman–Crippen MR) is 149 cm³/mol. The third-order valence-corrected chi connectivity index (χ3v) is 8.27. The number of rotatable bonds is 6. The fourth-order valence-electron chi connectivity index (χ4n) is 4.55. The van der Waals surface area contributed by atoms with Crippen LogP contribution in [0.4, 0.5) is 5.82 Å². The molecule has 0 unspecified atom stereocenters. The smallest absolute Gasteiger partial charge is 0.268 e. The minimum Gasteiger partial charge on any atom is -0.383 e. The monoisotopic (exact) mass is 536 g/mol. The van der Waals surface area contributed by atoms with Crippen molar-refractivity contribution in [2.24, 2.45) is 0 Å². The number of nitrogens with two attached hydrogens (primary N) is 1. The zero-order valence-corrected chi connectivity index (χ0v) is 22.0. The summed E-state index contributed by atoms with van der Waals surface area (Å²) in [5.41, 5.74) is 11.0. The van der Waals surface area contributed by atoms with Crippen molar-refractivity contribution in [2.45, 2.75) is 18.7 Å². The molecule has 0 saturated heterocycles. The zero-order chi connectivity index (χ0) is 27.3. The molecular weight excluding hydrogens is 512 g/mol. The Kier molecular flexibility index (Phi) is 5.69. The van der Waals surface area contributed by atoms with Crippen LogP contribution in [-0.2, 0) is 10.0 Å². The summed E-state index contributed by atoms with van der Waals surface area (Å²) in [5.74, 6) is 0.309. The fourth-order valence-corrected chi connectivity index (χ4v) is 5.91. The van der Waals surface area contributed by atoms with Gasteiger partial charge in [0.2, 0.25) is 5.78 Å². The average molecular weight is 537 g/mol. The van der Waals surface area contributed by atoms with Crippen molar-refractivity contribution in [3.63, 3.8) is 0 Å². The molecular formula is C29H24N6O3S. The van der Waals surface area contributed by atoms with Gasteiger partial charge in [0.05, 0.1) is 33.4 Å². The number of anilines is 1. The summed E-state index contributed by atoms with van der Waals surface area (Å²) in [7, 11) is -4.09. The molecule has 0 spiro atoms. The van der Waals surface area contributed by atoms with E-state index >= 15 is 0 Å². The van der Waals surface area contributed by atoms with Crippen molar-refractivity contribution in [1.29, 1.82) is 0 Å². The lowest BCUT2D eigenvalue weighted by Crippen LogP contribution is -2.19. The number of ketones is 1. The van der Waals surface area contributed by atoms with Gasteiger partial charge in [-0.15, -0.1) is 0 Å². The standard InChI is InChI=1S/C29H24N6O3S/c1-18-8-11-23(12-9-18)39(37,38)34-17-21(20-6-4-3-5-7-20)14-27(34)28(36)24-16-31-35(29(24)30)22-10-13-25-26(15-22)33-19(2)32-25/h3-17H,30H2,1-2H3,(H,32,33). The number of nitrogens with one attached hydrogen (secondary N) is 1. The molecule has 0 atom stereocenters. The Morgan fingerprint density at radius 2 is 1.67 bits per heavy atom. The van der Waals surface area contributed by atoms with Crippen molar-refractivity contribution in [2.75, 3.05) is 5.73 Å². The molecule has 3 heterocycles. The van der Waals surface area contributed by atoms with E-state index in [9.17, 15) is 13.2 Å². The summed E-state index contributed by atoms with van der Waals surface area (Å²) in [6.07, 6.45) is 2.82. The largest absolute Gasteiger partial charge is 0.383 e. The number of nitrogen functional groups attached to an aromatic ring is 1. The van der Waals surface area contributed by atoms with Gasteiger partial charge in [0.1, 0.15) is 17.3 Å². The summed E-state index contributed by atoms with van der Waals surface area (Å²) >= 11 is 0. The van der Waals surface area contributed by atoms with Crippen LogP contribution < -0.4 is 5.73 Å². The van der Waals surface area contributed by atoms with Gasteiger partial charge in [-0.05, 0) is 55.8 Å². The van der Waals surface area contributed by atoms with E-state index in [0.717, 1.165) is 32.0 Å². The molecule has 9 nitrogen and oxygen atoms in total. The Hall–Kier alpha value is -4.96. The molecule has 10 heteroatoms. The van der Waals surface area contributed by atoms with Crippen LogP contribution in [0.1, 0.15) is 27.4 Å². The van der Waals surface area contributed by atoms with E-state index in [2.05, 4.69) is 15.1 Å². The first-order chi connectivity index (χ1) is 18.7. The maximum Gasteiger partial charge on any atom is 0.268 e. The second kappa shape index (κ2) is 9.10. The number of aromatic amines is 1. The van der Waals surface area contributed by atoms with Gasteiger partial charge in [-0.3, -0.25) is 4.79 Å². The zero-order valence-electron chi connectivity index (χ0n) is 21.2. The minimum atomic E-state index is -4.09. The van der Waals surface area contributed by atoms with Crippen molar-refractivity contribution >= 4 is 32.7 Å². The number of imidazole rings is 1. The van der Waals surface area contributed by atoms with E-state index in [1.807, 2.05) is 56.3 Å². The molecule has 0 aliphatic rings. The van der Waals surface area contributed by atoms with Crippen molar-refractivity contribution in [3.8, 4) is 16.8 Å². The Balaban J connectivity index is 1.47. The lowest BCUT2D eigenvalue weighted by molar-refractivity contribution is 0.103. The van der Waals surface area contributed by atoms with Crippen LogP contribution in [0.3, 0.4) is 0 Å². The number of nitrogens with zero attached hydrogens (tertiary/aromatic N) is 4. The van der Waals surface area contributed by atoms with Crippen LogP contribution in [0.5, 0.6) is 0 Å². The lowest BCUT2D eigenvalue weighted by atomic mass is 10.1. The van der Waals surface area contributed by atoms with E-state index in [1.165, 1.54) is 29.2 Å². The first-order valence-corrected chi connectivity index (χ1v) is 13.6. The molecule has 0 fully saturated rings. The number of carbonyl (C=O) groups excluding carboxylic acids is 1.